The predicted octanol–water partition coefficient (Wildman–Crippen LogP) is -0.899. The average Bonchev–Trinajstić information content (AvgIpc) is 3.06. The smallest absolute Gasteiger partial charge is 0.253 e. The van der Waals surface area contributed by atoms with Gasteiger partial charge in [-0.25, -0.2) is 4.99 Å². The number of carbonyl (C=O) groups excluding carboxylic acids is 4. The van der Waals surface area contributed by atoms with Gasteiger partial charge in [-0.2, -0.15) is 0 Å². The molecule has 0 unspecified atom stereocenters. The Morgan fingerprint density at radius 3 is 1.87 bits per heavy atom. The molecule has 1 heterocycles. The topological polar surface area (TPSA) is 133 Å². The first-order valence-corrected chi connectivity index (χ1v) is 9.65. The molecule has 0 spiro atoms. The van der Waals surface area contributed by atoms with Gasteiger partial charge >= 0.3 is 0 Å². The average molecular weight is 427 g/mol. The maximum Gasteiger partial charge on any atom is 0.253 e. The molecule has 0 aromatic carbocycles. The Bertz CT molecular complexity index is 591. The lowest BCUT2D eigenvalue weighted by Crippen LogP contribution is -2.35. The van der Waals surface area contributed by atoms with Gasteiger partial charge in [-0.1, -0.05) is 0 Å². The van der Waals surface area contributed by atoms with E-state index in [9.17, 15) is 19.2 Å². The molecule has 0 radical (unpaired) electrons. The molecule has 11 nitrogen and oxygen atoms in total. The zero-order valence-corrected chi connectivity index (χ0v) is 17.0. The number of ether oxygens (including phenoxy) is 4. The Kier molecular flexibility index (Phi) is 13.9. The molecule has 0 bridgehead atoms. The van der Waals surface area contributed by atoms with Crippen LogP contribution in [0.3, 0.4) is 0 Å². The quantitative estimate of drug-likeness (QED) is 0.169. The van der Waals surface area contributed by atoms with Crippen molar-refractivity contribution in [3.8, 4) is 0 Å². The first-order chi connectivity index (χ1) is 14.5. The molecule has 1 rings (SSSR count). The molecule has 168 valence electrons. The van der Waals surface area contributed by atoms with E-state index in [-0.39, 0.29) is 31.2 Å². The van der Waals surface area contributed by atoms with Crippen molar-refractivity contribution in [1.82, 2.24) is 10.2 Å². The Morgan fingerprint density at radius 2 is 1.33 bits per heavy atom. The van der Waals surface area contributed by atoms with Crippen LogP contribution in [0.25, 0.3) is 0 Å². The standard InChI is InChI=1S/C19H29N3O8/c1-20-16(23)5-8-27-10-12-29-14-15-30-13-11-28-9-6-21-17(24)4-7-22-18(25)2-3-19(22)26/h2-3H,1,4-15H2,(H,21,24). The summed E-state index contributed by atoms with van der Waals surface area (Å²) in [5.41, 5.74) is 0. The number of aliphatic imine (C=N–C) groups is 1. The number of amides is 4. The van der Waals surface area contributed by atoms with Crippen LogP contribution in [0.5, 0.6) is 0 Å². The maximum absolute atomic E-state index is 11.7. The number of nitrogens with zero attached hydrogens (tertiary/aromatic N) is 2. The van der Waals surface area contributed by atoms with Crippen LogP contribution >= 0.6 is 0 Å². The zero-order chi connectivity index (χ0) is 22.0. The van der Waals surface area contributed by atoms with Crippen molar-refractivity contribution in [2.24, 2.45) is 4.99 Å². The van der Waals surface area contributed by atoms with E-state index in [2.05, 4.69) is 17.0 Å². The molecule has 1 N–H and O–H groups in total. The van der Waals surface area contributed by atoms with Crippen LogP contribution in [-0.2, 0) is 38.1 Å². The largest absolute Gasteiger partial charge is 0.379 e. The molecule has 0 atom stereocenters. The molecule has 0 aliphatic carbocycles. The van der Waals surface area contributed by atoms with E-state index < -0.39 is 11.8 Å². The molecule has 1 aliphatic heterocycles. The third kappa shape index (κ3) is 12.2. The first-order valence-electron chi connectivity index (χ1n) is 9.65. The minimum atomic E-state index is -0.399. The van der Waals surface area contributed by atoms with Crippen LogP contribution < -0.4 is 5.32 Å². The van der Waals surface area contributed by atoms with E-state index in [0.29, 0.717) is 59.4 Å². The highest BCUT2D eigenvalue weighted by atomic mass is 16.6. The van der Waals surface area contributed by atoms with Crippen molar-refractivity contribution in [3.05, 3.63) is 12.2 Å². The Labute approximate surface area is 175 Å². The third-order valence-electron chi connectivity index (χ3n) is 3.78. The summed E-state index contributed by atoms with van der Waals surface area (Å²) in [6.45, 7) is 6.57. The van der Waals surface area contributed by atoms with Gasteiger partial charge in [0.15, 0.2) is 0 Å². The van der Waals surface area contributed by atoms with Gasteiger partial charge in [-0.05, 0) is 6.72 Å². The van der Waals surface area contributed by atoms with Crippen molar-refractivity contribution in [1.29, 1.82) is 0 Å². The number of nitrogens with one attached hydrogen (secondary N) is 1. The number of hydrogen-bond donors (Lipinski definition) is 1. The van der Waals surface area contributed by atoms with Gasteiger partial charge in [0.25, 0.3) is 11.8 Å². The molecule has 0 fully saturated rings. The molecular formula is C19H29N3O8. The highest BCUT2D eigenvalue weighted by molar-refractivity contribution is 6.13. The van der Waals surface area contributed by atoms with Crippen molar-refractivity contribution < 1.29 is 38.1 Å². The van der Waals surface area contributed by atoms with Crippen LogP contribution in [0, 0.1) is 0 Å². The summed E-state index contributed by atoms with van der Waals surface area (Å²) < 4.78 is 21.2. The van der Waals surface area contributed by atoms with Crippen molar-refractivity contribution in [2.75, 3.05) is 65.9 Å². The van der Waals surface area contributed by atoms with E-state index in [1.165, 1.54) is 12.2 Å². The Hall–Kier alpha value is -2.47. The second-order valence-electron chi connectivity index (χ2n) is 6.01. The summed E-state index contributed by atoms with van der Waals surface area (Å²) in [6.07, 6.45) is 2.64. The SMILES string of the molecule is C=NC(=O)CCOCCOCCOCCOCCNC(=O)CCN1C(=O)C=CC1=O. The molecular weight excluding hydrogens is 398 g/mol. The minimum Gasteiger partial charge on any atom is -0.379 e. The van der Waals surface area contributed by atoms with Crippen LogP contribution in [0.4, 0.5) is 0 Å². The molecule has 11 heteroatoms. The molecule has 4 amide bonds. The van der Waals surface area contributed by atoms with E-state index in [0.717, 1.165) is 4.90 Å². The van der Waals surface area contributed by atoms with Crippen molar-refractivity contribution >= 4 is 30.3 Å². The van der Waals surface area contributed by atoms with Gasteiger partial charge in [0, 0.05) is 31.7 Å². The molecule has 0 saturated heterocycles. The van der Waals surface area contributed by atoms with E-state index in [1.807, 2.05) is 0 Å². The van der Waals surface area contributed by atoms with Gasteiger partial charge < -0.3 is 24.3 Å². The second kappa shape index (κ2) is 16.3. The number of hydrogen-bond acceptors (Lipinski definition) is 8. The Morgan fingerprint density at radius 1 is 0.833 bits per heavy atom. The second-order valence-corrected chi connectivity index (χ2v) is 6.01. The lowest BCUT2D eigenvalue weighted by atomic mass is 10.3. The summed E-state index contributed by atoms with van der Waals surface area (Å²) >= 11 is 0. The number of rotatable bonds is 18. The summed E-state index contributed by atoms with van der Waals surface area (Å²) in [4.78, 5) is 49.5. The van der Waals surface area contributed by atoms with Gasteiger partial charge in [-0.3, -0.25) is 24.1 Å². The van der Waals surface area contributed by atoms with Gasteiger partial charge in [-0.15, -0.1) is 0 Å². The number of carbonyl (C=O) groups is 4. The fourth-order valence-electron chi connectivity index (χ4n) is 2.22. The summed E-state index contributed by atoms with van der Waals surface area (Å²) in [6, 6.07) is 0. The normalized spacial score (nSPS) is 13.1. The van der Waals surface area contributed by atoms with Crippen molar-refractivity contribution in [3.63, 3.8) is 0 Å². The summed E-state index contributed by atoms with van der Waals surface area (Å²) in [5.74, 6) is -1.35. The molecule has 0 aromatic rings. The van der Waals surface area contributed by atoms with Crippen LogP contribution in [0.15, 0.2) is 17.1 Å². The molecule has 0 saturated carbocycles. The van der Waals surface area contributed by atoms with Crippen LogP contribution in [0.2, 0.25) is 0 Å². The monoisotopic (exact) mass is 427 g/mol. The highest BCUT2D eigenvalue weighted by Crippen LogP contribution is 2.03. The zero-order valence-electron chi connectivity index (χ0n) is 17.0. The lowest BCUT2D eigenvalue weighted by Gasteiger charge is -2.13. The van der Waals surface area contributed by atoms with Gasteiger partial charge in [0.1, 0.15) is 0 Å². The number of imide groups is 1. The lowest BCUT2D eigenvalue weighted by molar-refractivity contribution is -0.137. The van der Waals surface area contributed by atoms with Gasteiger partial charge in [0.05, 0.1) is 59.3 Å². The van der Waals surface area contributed by atoms with E-state index in [1.54, 1.807) is 0 Å². The van der Waals surface area contributed by atoms with Gasteiger partial charge in [0.2, 0.25) is 11.8 Å². The maximum atomic E-state index is 11.7. The van der Waals surface area contributed by atoms with Crippen LogP contribution in [-0.4, -0.2) is 101 Å². The molecule has 0 aromatic heterocycles. The minimum absolute atomic E-state index is 0.0530. The van der Waals surface area contributed by atoms with Crippen LogP contribution in [0.1, 0.15) is 12.8 Å². The first kappa shape index (κ1) is 25.6. The fourth-order valence-corrected chi connectivity index (χ4v) is 2.22. The summed E-state index contributed by atoms with van der Waals surface area (Å²) in [5, 5.41) is 2.65. The summed E-state index contributed by atoms with van der Waals surface area (Å²) in [7, 11) is 0. The fraction of sp³-hybridized carbons (Fsp3) is 0.632. The van der Waals surface area contributed by atoms with E-state index in [4.69, 9.17) is 18.9 Å². The molecule has 30 heavy (non-hydrogen) atoms. The molecule has 1 aliphatic rings. The third-order valence-corrected chi connectivity index (χ3v) is 3.78. The van der Waals surface area contributed by atoms with Crippen molar-refractivity contribution in [2.45, 2.75) is 12.8 Å². The Balaban J connectivity index is 1.79. The predicted molar refractivity (Wildman–Crippen MR) is 106 cm³/mol. The highest BCUT2D eigenvalue weighted by Gasteiger charge is 2.23. The van der Waals surface area contributed by atoms with E-state index >= 15 is 0 Å².